The minimum atomic E-state index is -4.76. The highest BCUT2D eigenvalue weighted by molar-refractivity contribution is 5.94. The Labute approximate surface area is 187 Å². The van der Waals surface area contributed by atoms with Crippen molar-refractivity contribution in [2.45, 2.75) is 37.5 Å². The molecule has 2 aliphatic rings. The number of pyridine rings is 1. The molecule has 33 heavy (non-hydrogen) atoms. The molecule has 10 heteroatoms. The number of benzene rings is 1. The molecule has 1 amide bonds. The molecule has 2 saturated heterocycles. The average Bonchev–Trinajstić information content (AvgIpc) is 3.48. The zero-order valence-electron chi connectivity index (χ0n) is 17.8. The van der Waals surface area contributed by atoms with Crippen LogP contribution in [0.4, 0.5) is 13.2 Å². The van der Waals surface area contributed by atoms with E-state index in [0.29, 0.717) is 30.9 Å². The Morgan fingerprint density at radius 3 is 2.52 bits per heavy atom. The van der Waals surface area contributed by atoms with E-state index in [-0.39, 0.29) is 23.5 Å². The van der Waals surface area contributed by atoms with Crippen LogP contribution in [0.25, 0.3) is 11.2 Å². The molecule has 4 heterocycles. The van der Waals surface area contributed by atoms with Crippen molar-refractivity contribution < 1.29 is 27.4 Å². The number of hydrogen-bond acceptors (Lipinski definition) is 5. The number of fused-ring (bicyclic) bond motifs is 1. The van der Waals surface area contributed by atoms with Crippen LogP contribution in [0.3, 0.4) is 0 Å². The van der Waals surface area contributed by atoms with E-state index < -0.39 is 6.36 Å². The molecule has 0 bridgehead atoms. The summed E-state index contributed by atoms with van der Waals surface area (Å²) in [5.74, 6) is 0.891. The highest BCUT2D eigenvalue weighted by Gasteiger charge is 2.31. The second-order valence-corrected chi connectivity index (χ2v) is 8.42. The van der Waals surface area contributed by atoms with E-state index in [9.17, 15) is 18.0 Å². The number of rotatable bonds is 4. The van der Waals surface area contributed by atoms with Gasteiger partial charge in [0.25, 0.3) is 5.91 Å². The molecule has 2 aliphatic heterocycles. The Hall–Kier alpha value is -3.14. The summed E-state index contributed by atoms with van der Waals surface area (Å²) in [7, 11) is 0. The Morgan fingerprint density at radius 2 is 1.85 bits per heavy atom. The van der Waals surface area contributed by atoms with Gasteiger partial charge >= 0.3 is 6.36 Å². The molecule has 0 saturated carbocycles. The van der Waals surface area contributed by atoms with Crippen LogP contribution in [0.15, 0.2) is 36.5 Å². The maximum Gasteiger partial charge on any atom is 0.573 e. The quantitative estimate of drug-likeness (QED) is 0.625. The maximum atomic E-state index is 12.8. The third-order valence-corrected chi connectivity index (χ3v) is 6.32. The lowest BCUT2D eigenvalue weighted by molar-refractivity contribution is -0.274. The first-order chi connectivity index (χ1) is 15.9. The average molecular weight is 460 g/mol. The van der Waals surface area contributed by atoms with Crippen LogP contribution < -0.4 is 4.74 Å². The van der Waals surface area contributed by atoms with Gasteiger partial charge in [0.05, 0.1) is 12.1 Å². The van der Waals surface area contributed by atoms with Gasteiger partial charge in [-0.05, 0) is 61.1 Å². The molecule has 1 atom stereocenters. The van der Waals surface area contributed by atoms with Crippen molar-refractivity contribution in [3.63, 3.8) is 0 Å². The zero-order chi connectivity index (χ0) is 23.0. The van der Waals surface area contributed by atoms with Crippen LogP contribution in [0.5, 0.6) is 5.75 Å². The van der Waals surface area contributed by atoms with Crippen LogP contribution in [-0.4, -0.2) is 58.4 Å². The van der Waals surface area contributed by atoms with E-state index in [4.69, 9.17) is 4.74 Å². The Morgan fingerprint density at radius 1 is 1.09 bits per heavy atom. The van der Waals surface area contributed by atoms with E-state index in [1.807, 2.05) is 6.07 Å². The summed E-state index contributed by atoms with van der Waals surface area (Å²) in [6, 6.07) is 7.05. The van der Waals surface area contributed by atoms with E-state index in [1.165, 1.54) is 12.1 Å². The van der Waals surface area contributed by atoms with Gasteiger partial charge in [-0.3, -0.25) is 4.79 Å². The number of H-pyrrole nitrogens is 1. The normalized spacial score (nSPS) is 19.8. The number of hydrogen-bond donors (Lipinski definition) is 1. The van der Waals surface area contributed by atoms with Crippen molar-refractivity contribution in [3.05, 3.63) is 53.5 Å². The Balaban J connectivity index is 1.25. The van der Waals surface area contributed by atoms with Gasteiger partial charge in [0.1, 0.15) is 11.6 Å². The maximum absolute atomic E-state index is 12.8. The predicted octanol–water partition coefficient (Wildman–Crippen LogP) is 4.38. The SMILES string of the molecule is O=C(c1ccc(OC(F)(F)F)cc1)N1CCC(c2ccnc3nc([C@H]4CCOC4)[nH]c23)CC1. The molecular weight excluding hydrogens is 437 g/mol. The van der Waals surface area contributed by atoms with Crippen LogP contribution in [-0.2, 0) is 4.74 Å². The number of carbonyl (C=O) groups excluding carboxylic acids is 1. The number of aromatic nitrogens is 3. The van der Waals surface area contributed by atoms with E-state index in [0.717, 1.165) is 54.9 Å². The van der Waals surface area contributed by atoms with Gasteiger partial charge in [-0.15, -0.1) is 13.2 Å². The number of imidazole rings is 1. The lowest BCUT2D eigenvalue weighted by Crippen LogP contribution is -2.38. The largest absolute Gasteiger partial charge is 0.573 e. The monoisotopic (exact) mass is 460 g/mol. The summed E-state index contributed by atoms with van der Waals surface area (Å²) >= 11 is 0. The summed E-state index contributed by atoms with van der Waals surface area (Å²) in [5, 5.41) is 0. The molecule has 1 aromatic carbocycles. The van der Waals surface area contributed by atoms with Crippen molar-refractivity contribution in [1.29, 1.82) is 0 Å². The van der Waals surface area contributed by atoms with Crippen LogP contribution >= 0.6 is 0 Å². The first-order valence-electron chi connectivity index (χ1n) is 10.9. The van der Waals surface area contributed by atoms with Crippen molar-refractivity contribution in [2.75, 3.05) is 26.3 Å². The first kappa shape index (κ1) is 21.7. The van der Waals surface area contributed by atoms with Crippen molar-refractivity contribution in [3.8, 4) is 5.75 Å². The number of alkyl halides is 3. The summed E-state index contributed by atoms with van der Waals surface area (Å²) in [6.07, 6.45) is -0.484. The summed E-state index contributed by atoms with van der Waals surface area (Å²) in [4.78, 5) is 27.1. The number of carbonyl (C=O) groups is 1. The van der Waals surface area contributed by atoms with Gasteiger partial charge in [-0.2, -0.15) is 0 Å². The second kappa shape index (κ2) is 8.66. The number of amides is 1. The zero-order valence-corrected chi connectivity index (χ0v) is 17.8. The molecule has 0 unspecified atom stereocenters. The van der Waals surface area contributed by atoms with Crippen molar-refractivity contribution in [1.82, 2.24) is 19.9 Å². The van der Waals surface area contributed by atoms with Crippen molar-refractivity contribution >= 4 is 17.1 Å². The van der Waals surface area contributed by atoms with Gasteiger partial charge in [0.15, 0.2) is 5.65 Å². The van der Waals surface area contributed by atoms with Gasteiger partial charge in [-0.1, -0.05) is 0 Å². The first-order valence-corrected chi connectivity index (χ1v) is 10.9. The number of nitrogens with one attached hydrogen (secondary N) is 1. The molecule has 0 radical (unpaired) electrons. The number of piperidine rings is 1. The number of likely N-dealkylation sites (tertiary alicyclic amines) is 1. The fraction of sp³-hybridized carbons (Fsp3) is 0.435. The standard InChI is InChI=1S/C23H23F3N4O3/c24-23(25,26)33-17-3-1-15(2-4-17)22(31)30-10-6-14(7-11-30)18-5-9-27-21-19(18)28-20(29-21)16-8-12-32-13-16/h1-5,9,14,16H,6-8,10-13H2,(H,27,28,29)/t16-/m0/s1. The number of halogens is 3. The molecule has 174 valence electrons. The Kier molecular flexibility index (Phi) is 5.69. The molecule has 3 aromatic rings. The molecule has 2 fully saturated rings. The third-order valence-electron chi connectivity index (χ3n) is 6.32. The molecular formula is C23H23F3N4O3. The second-order valence-electron chi connectivity index (χ2n) is 8.42. The lowest BCUT2D eigenvalue weighted by atomic mass is 9.89. The smallest absolute Gasteiger partial charge is 0.406 e. The number of aromatic amines is 1. The number of nitrogens with zero attached hydrogens (tertiary/aromatic N) is 3. The minimum Gasteiger partial charge on any atom is -0.406 e. The van der Waals surface area contributed by atoms with E-state index >= 15 is 0 Å². The summed E-state index contributed by atoms with van der Waals surface area (Å²) in [5.41, 5.74) is 3.14. The van der Waals surface area contributed by atoms with Gasteiger partial charge < -0.3 is 19.4 Å². The molecule has 0 spiro atoms. The third kappa shape index (κ3) is 4.66. The highest BCUT2D eigenvalue weighted by Crippen LogP contribution is 2.34. The highest BCUT2D eigenvalue weighted by atomic mass is 19.4. The molecule has 0 aliphatic carbocycles. The predicted molar refractivity (Wildman–Crippen MR) is 113 cm³/mol. The minimum absolute atomic E-state index is 0.197. The van der Waals surface area contributed by atoms with E-state index in [1.54, 1.807) is 11.1 Å². The summed E-state index contributed by atoms with van der Waals surface area (Å²) in [6.45, 7) is 2.53. The molecule has 7 nitrogen and oxygen atoms in total. The van der Waals surface area contributed by atoms with Crippen LogP contribution in [0.2, 0.25) is 0 Å². The van der Waals surface area contributed by atoms with Crippen LogP contribution in [0, 0.1) is 0 Å². The van der Waals surface area contributed by atoms with Gasteiger partial charge in [0, 0.05) is 37.4 Å². The Bertz CT molecular complexity index is 1130. The summed E-state index contributed by atoms with van der Waals surface area (Å²) < 4.78 is 46.3. The van der Waals surface area contributed by atoms with Gasteiger partial charge in [0.2, 0.25) is 0 Å². The molecule has 5 rings (SSSR count). The van der Waals surface area contributed by atoms with Crippen LogP contribution in [0.1, 0.15) is 52.8 Å². The fourth-order valence-corrected chi connectivity index (χ4v) is 4.61. The molecule has 2 aromatic heterocycles. The van der Waals surface area contributed by atoms with Crippen molar-refractivity contribution in [2.24, 2.45) is 0 Å². The topological polar surface area (TPSA) is 80.3 Å². The van der Waals surface area contributed by atoms with Gasteiger partial charge in [-0.25, -0.2) is 9.97 Å². The van der Waals surface area contributed by atoms with E-state index in [2.05, 4.69) is 19.7 Å². The fourth-order valence-electron chi connectivity index (χ4n) is 4.61. The lowest BCUT2D eigenvalue weighted by Gasteiger charge is -2.32. The number of ether oxygens (including phenoxy) is 2. The molecule has 1 N–H and O–H groups in total.